The van der Waals surface area contributed by atoms with E-state index in [9.17, 15) is 13.6 Å². The summed E-state index contributed by atoms with van der Waals surface area (Å²) in [7, 11) is 0. The summed E-state index contributed by atoms with van der Waals surface area (Å²) in [6, 6.07) is 7.65. The fourth-order valence-corrected chi connectivity index (χ4v) is 1.75. The van der Waals surface area contributed by atoms with E-state index in [1.807, 2.05) is 0 Å². The SMILES string of the molecule is O=Cc1ccc(-c2cc(F)ccc2Cl)c(F)c1. The molecule has 0 heterocycles. The lowest BCUT2D eigenvalue weighted by Gasteiger charge is -2.06. The number of carbonyl (C=O) groups is 1. The Morgan fingerprint density at radius 1 is 1.00 bits per heavy atom. The van der Waals surface area contributed by atoms with Crippen LogP contribution in [0.4, 0.5) is 8.78 Å². The number of hydrogen-bond donors (Lipinski definition) is 0. The van der Waals surface area contributed by atoms with E-state index in [-0.39, 0.29) is 21.7 Å². The van der Waals surface area contributed by atoms with Gasteiger partial charge in [0.05, 0.1) is 0 Å². The minimum Gasteiger partial charge on any atom is -0.298 e. The number of hydrogen-bond acceptors (Lipinski definition) is 1. The summed E-state index contributed by atoms with van der Waals surface area (Å²) < 4.78 is 26.8. The minimum atomic E-state index is -0.609. The first kappa shape index (κ1) is 11.7. The maximum absolute atomic E-state index is 13.7. The van der Waals surface area contributed by atoms with Crippen LogP contribution in [0, 0.1) is 11.6 Å². The summed E-state index contributed by atoms with van der Waals surface area (Å²) in [5.74, 6) is -1.11. The third-order valence-corrected chi connectivity index (χ3v) is 2.68. The molecule has 0 N–H and O–H groups in total. The van der Waals surface area contributed by atoms with Gasteiger partial charge < -0.3 is 0 Å². The van der Waals surface area contributed by atoms with Gasteiger partial charge in [-0.1, -0.05) is 23.7 Å². The minimum absolute atomic E-state index is 0.167. The third-order valence-electron chi connectivity index (χ3n) is 2.35. The highest BCUT2D eigenvalue weighted by molar-refractivity contribution is 6.33. The molecule has 0 fully saturated rings. The van der Waals surface area contributed by atoms with Crippen molar-refractivity contribution in [2.75, 3.05) is 0 Å². The number of halogens is 3. The van der Waals surface area contributed by atoms with E-state index in [4.69, 9.17) is 11.6 Å². The Bertz CT molecular complexity index is 582. The van der Waals surface area contributed by atoms with Crippen molar-refractivity contribution in [2.24, 2.45) is 0 Å². The standard InChI is InChI=1S/C13H7ClF2O/c14-12-4-2-9(15)6-11(12)10-3-1-8(7-17)5-13(10)16/h1-7H. The Labute approximate surface area is 102 Å². The van der Waals surface area contributed by atoms with Gasteiger partial charge in [-0.3, -0.25) is 4.79 Å². The van der Waals surface area contributed by atoms with Gasteiger partial charge in [-0.2, -0.15) is 0 Å². The Balaban J connectivity index is 2.60. The first-order valence-electron chi connectivity index (χ1n) is 4.82. The van der Waals surface area contributed by atoms with Crippen LogP contribution in [-0.4, -0.2) is 6.29 Å². The van der Waals surface area contributed by atoms with E-state index in [0.29, 0.717) is 6.29 Å². The average molecular weight is 253 g/mol. The van der Waals surface area contributed by atoms with Crippen LogP contribution >= 0.6 is 11.6 Å². The molecule has 0 amide bonds. The maximum Gasteiger partial charge on any atom is 0.150 e. The Morgan fingerprint density at radius 2 is 1.76 bits per heavy atom. The van der Waals surface area contributed by atoms with E-state index in [0.717, 1.165) is 12.1 Å². The molecule has 0 aromatic heterocycles. The summed E-state index contributed by atoms with van der Waals surface area (Å²) in [6.45, 7) is 0. The van der Waals surface area contributed by atoms with Crippen molar-refractivity contribution < 1.29 is 13.6 Å². The largest absolute Gasteiger partial charge is 0.298 e. The second-order valence-corrected chi connectivity index (χ2v) is 3.89. The molecular weight excluding hydrogens is 246 g/mol. The Morgan fingerprint density at radius 3 is 2.41 bits per heavy atom. The fraction of sp³-hybridized carbons (Fsp3) is 0. The van der Waals surface area contributed by atoms with Crippen molar-refractivity contribution in [3.8, 4) is 11.1 Å². The Kier molecular flexibility index (Phi) is 3.20. The van der Waals surface area contributed by atoms with Crippen molar-refractivity contribution in [2.45, 2.75) is 0 Å². The molecule has 0 bridgehead atoms. The summed E-state index contributed by atoms with van der Waals surface area (Å²) in [5, 5.41) is 0.254. The second kappa shape index (κ2) is 4.63. The monoisotopic (exact) mass is 252 g/mol. The molecule has 0 saturated heterocycles. The molecule has 17 heavy (non-hydrogen) atoms. The van der Waals surface area contributed by atoms with Gasteiger partial charge in [0.1, 0.15) is 17.9 Å². The summed E-state index contributed by atoms with van der Waals surface area (Å²) in [6.07, 6.45) is 0.542. The van der Waals surface area contributed by atoms with Crippen LogP contribution in [0.3, 0.4) is 0 Å². The normalized spacial score (nSPS) is 10.3. The first-order valence-corrected chi connectivity index (χ1v) is 5.20. The smallest absolute Gasteiger partial charge is 0.150 e. The zero-order valence-electron chi connectivity index (χ0n) is 8.58. The molecular formula is C13H7ClF2O. The molecule has 0 atom stereocenters. The van der Waals surface area contributed by atoms with E-state index < -0.39 is 11.6 Å². The fourth-order valence-electron chi connectivity index (χ4n) is 1.53. The van der Waals surface area contributed by atoms with Crippen molar-refractivity contribution in [1.29, 1.82) is 0 Å². The molecule has 0 unspecified atom stereocenters. The van der Waals surface area contributed by atoms with Gasteiger partial charge in [-0.25, -0.2) is 8.78 Å². The molecule has 0 aliphatic carbocycles. The number of carbonyl (C=O) groups excluding carboxylic acids is 1. The van der Waals surface area contributed by atoms with Gasteiger partial charge in [-0.05, 0) is 24.3 Å². The van der Waals surface area contributed by atoms with Crippen LogP contribution in [0.1, 0.15) is 10.4 Å². The van der Waals surface area contributed by atoms with Crippen LogP contribution in [0.15, 0.2) is 36.4 Å². The highest BCUT2D eigenvalue weighted by atomic mass is 35.5. The van der Waals surface area contributed by atoms with E-state index >= 15 is 0 Å². The maximum atomic E-state index is 13.7. The molecule has 2 aromatic carbocycles. The van der Waals surface area contributed by atoms with Crippen molar-refractivity contribution in [1.82, 2.24) is 0 Å². The summed E-state index contributed by atoms with van der Waals surface area (Å²) in [5.41, 5.74) is 0.653. The molecule has 4 heteroatoms. The number of aldehydes is 1. The third kappa shape index (κ3) is 2.34. The van der Waals surface area contributed by atoms with E-state index in [1.165, 1.54) is 24.3 Å². The Hall–Kier alpha value is -1.74. The van der Waals surface area contributed by atoms with Gasteiger partial charge in [0.25, 0.3) is 0 Å². The van der Waals surface area contributed by atoms with Crippen LogP contribution in [0.25, 0.3) is 11.1 Å². The van der Waals surface area contributed by atoms with Gasteiger partial charge in [-0.15, -0.1) is 0 Å². The summed E-state index contributed by atoms with van der Waals surface area (Å²) in [4.78, 5) is 10.5. The van der Waals surface area contributed by atoms with Gasteiger partial charge >= 0.3 is 0 Å². The molecule has 0 radical (unpaired) electrons. The molecule has 0 saturated carbocycles. The average Bonchev–Trinajstić information content (AvgIpc) is 2.32. The van der Waals surface area contributed by atoms with Gasteiger partial charge in [0, 0.05) is 21.7 Å². The molecule has 2 rings (SSSR count). The van der Waals surface area contributed by atoms with Crippen LogP contribution in [-0.2, 0) is 0 Å². The van der Waals surface area contributed by atoms with Crippen LogP contribution < -0.4 is 0 Å². The molecule has 86 valence electrons. The molecule has 1 nitrogen and oxygen atoms in total. The van der Waals surface area contributed by atoms with Gasteiger partial charge in [0.2, 0.25) is 0 Å². The number of rotatable bonds is 2. The second-order valence-electron chi connectivity index (χ2n) is 3.48. The lowest BCUT2D eigenvalue weighted by Crippen LogP contribution is -1.89. The molecule has 0 aliphatic heterocycles. The predicted octanol–water partition coefficient (Wildman–Crippen LogP) is 4.10. The molecule has 0 spiro atoms. The van der Waals surface area contributed by atoms with Crippen molar-refractivity contribution >= 4 is 17.9 Å². The van der Waals surface area contributed by atoms with E-state index in [1.54, 1.807) is 0 Å². The van der Waals surface area contributed by atoms with E-state index in [2.05, 4.69) is 0 Å². The van der Waals surface area contributed by atoms with Crippen molar-refractivity contribution in [3.63, 3.8) is 0 Å². The van der Waals surface area contributed by atoms with Gasteiger partial charge in [0.15, 0.2) is 0 Å². The zero-order valence-corrected chi connectivity index (χ0v) is 9.34. The zero-order chi connectivity index (χ0) is 12.4. The first-order chi connectivity index (χ1) is 8.11. The predicted molar refractivity (Wildman–Crippen MR) is 62.2 cm³/mol. The lowest BCUT2D eigenvalue weighted by atomic mass is 10.0. The highest BCUT2D eigenvalue weighted by Crippen LogP contribution is 2.30. The molecule has 0 aliphatic rings. The number of benzene rings is 2. The highest BCUT2D eigenvalue weighted by Gasteiger charge is 2.10. The van der Waals surface area contributed by atoms with Crippen LogP contribution in [0.2, 0.25) is 5.02 Å². The van der Waals surface area contributed by atoms with Crippen molar-refractivity contribution in [3.05, 3.63) is 58.6 Å². The summed E-state index contributed by atoms with van der Waals surface area (Å²) >= 11 is 5.87. The lowest BCUT2D eigenvalue weighted by molar-refractivity contribution is 0.112. The quantitative estimate of drug-likeness (QED) is 0.736. The topological polar surface area (TPSA) is 17.1 Å². The van der Waals surface area contributed by atoms with Crippen LogP contribution in [0.5, 0.6) is 0 Å². The molecule has 2 aromatic rings.